The molecule has 102 valence electrons. The summed E-state index contributed by atoms with van der Waals surface area (Å²) in [6.45, 7) is 4.22. The first-order chi connectivity index (χ1) is 8.88. The molecule has 0 radical (unpaired) electrons. The Morgan fingerprint density at radius 1 is 1.21 bits per heavy atom. The first kappa shape index (κ1) is 14.2. The molecule has 1 heterocycles. The standard InChI is InChI=1S/C14H17NO2S2/c1-10(2)8-12-9-13(11-6-4-3-5-7-11)14(18-12)19(15,16)17/h3-7,9-10H,8H2,1-2H3,(H2,15,16,17). The minimum atomic E-state index is -3.68. The number of rotatable bonds is 4. The second-order valence-electron chi connectivity index (χ2n) is 4.92. The topological polar surface area (TPSA) is 60.2 Å². The molecule has 0 aliphatic heterocycles. The summed E-state index contributed by atoms with van der Waals surface area (Å²) in [6.07, 6.45) is 0.861. The van der Waals surface area contributed by atoms with Crippen molar-refractivity contribution in [2.45, 2.75) is 24.5 Å². The lowest BCUT2D eigenvalue weighted by Gasteiger charge is -2.01. The van der Waals surface area contributed by atoms with Gasteiger partial charge in [0.1, 0.15) is 4.21 Å². The lowest BCUT2D eigenvalue weighted by Crippen LogP contribution is -2.11. The van der Waals surface area contributed by atoms with Crippen LogP contribution in [0.15, 0.2) is 40.6 Å². The molecule has 0 amide bonds. The van der Waals surface area contributed by atoms with Gasteiger partial charge in [-0.1, -0.05) is 44.2 Å². The third-order valence-electron chi connectivity index (χ3n) is 2.70. The average molecular weight is 295 g/mol. The zero-order valence-electron chi connectivity index (χ0n) is 11.0. The zero-order valence-corrected chi connectivity index (χ0v) is 12.6. The maximum atomic E-state index is 11.7. The van der Waals surface area contributed by atoms with Crippen molar-refractivity contribution in [3.63, 3.8) is 0 Å². The van der Waals surface area contributed by atoms with Crippen LogP contribution in [0.1, 0.15) is 18.7 Å². The number of nitrogens with two attached hydrogens (primary N) is 1. The normalized spacial score (nSPS) is 12.0. The van der Waals surface area contributed by atoms with Crippen molar-refractivity contribution in [1.29, 1.82) is 0 Å². The highest BCUT2D eigenvalue weighted by atomic mass is 32.2. The number of hydrogen-bond acceptors (Lipinski definition) is 3. The van der Waals surface area contributed by atoms with Crippen LogP contribution in [0, 0.1) is 5.92 Å². The van der Waals surface area contributed by atoms with E-state index in [0.717, 1.165) is 16.9 Å². The predicted octanol–water partition coefficient (Wildman–Crippen LogP) is 3.26. The van der Waals surface area contributed by atoms with E-state index in [1.165, 1.54) is 11.3 Å². The Kier molecular flexibility index (Phi) is 4.08. The van der Waals surface area contributed by atoms with Crippen LogP contribution in [0.2, 0.25) is 0 Å². The van der Waals surface area contributed by atoms with Crippen LogP contribution in [0.25, 0.3) is 11.1 Å². The number of thiophene rings is 1. The summed E-state index contributed by atoms with van der Waals surface area (Å²) in [4.78, 5) is 1.05. The van der Waals surface area contributed by atoms with Crippen molar-refractivity contribution < 1.29 is 8.42 Å². The van der Waals surface area contributed by atoms with Crippen LogP contribution >= 0.6 is 11.3 Å². The fourth-order valence-electron chi connectivity index (χ4n) is 1.96. The van der Waals surface area contributed by atoms with E-state index in [4.69, 9.17) is 5.14 Å². The summed E-state index contributed by atoms with van der Waals surface area (Å²) in [7, 11) is -3.68. The molecule has 0 aliphatic carbocycles. The maximum Gasteiger partial charge on any atom is 0.248 e. The van der Waals surface area contributed by atoms with Gasteiger partial charge in [-0.25, -0.2) is 13.6 Å². The van der Waals surface area contributed by atoms with Crippen LogP contribution in [0.3, 0.4) is 0 Å². The van der Waals surface area contributed by atoms with E-state index in [2.05, 4.69) is 13.8 Å². The third kappa shape index (κ3) is 3.43. The van der Waals surface area contributed by atoms with Gasteiger partial charge in [-0.05, 0) is 24.0 Å². The molecular formula is C14H17NO2S2. The molecule has 0 saturated carbocycles. The summed E-state index contributed by atoms with van der Waals surface area (Å²) in [5.41, 5.74) is 1.60. The van der Waals surface area contributed by atoms with Gasteiger partial charge in [0.25, 0.3) is 0 Å². The van der Waals surface area contributed by atoms with Gasteiger partial charge >= 0.3 is 0 Å². The minimum Gasteiger partial charge on any atom is -0.224 e. The summed E-state index contributed by atoms with van der Waals surface area (Å²) >= 11 is 1.28. The van der Waals surface area contributed by atoms with Gasteiger partial charge in [-0.3, -0.25) is 0 Å². The third-order valence-corrected chi connectivity index (χ3v) is 5.34. The van der Waals surface area contributed by atoms with Crippen LogP contribution in [0.5, 0.6) is 0 Å². The maximum absolute atomic E-state index is 11.7. The molecule has 0 saturated heterocycles. The highest BCUT2D eigenvalue weighted by molar-refractivity contribution is 7.91. The summed E-state index contributed by atoms with van der Waals surface area (Å²) in [5, 5.41) is 5.32. The summed E-state index contributed by atoms with van der Waals surface area (Å²) < 4.78 is 23.7. The van der Waals surface area contributed by atoms with E-state index in [1.54, 1.807) is 0 Å². The van der Waals surface area contributed by atoms with E-state index >= 15 is 0 Å². The molecule has 5 heteroatoms. The molecule has 2 aromatic rings. The molecule has 0 spiro atoms. The Morgan fingerprint density at radius 3 is 2.37 bits per heavy atom. The van der Waals surface area contributed by atoms with Crippen LogP contribution in [0.4, 0.5) is 0 Å². The van der Waals surface area contributed by atoms with E-state index in [9.17, 15) is 8.42 Å². The monoisotopic (exact) mass is 295 g/mol. The Hall–Kier alpha value is -1.17. The van der Waals surface area contributed by atoms with Gasteiger partial charge in [0.2, 0.25) is 10.0 Å². The molecule has 3 nitrogen and oxygen atoms in total. The summed E-state index contributed by atoms with van der Waals surface area (Å²) in [6, 6.07) is 11.4. The number of primary sulfonamides is 1. The molecular weight excluding hydrogens is 278 g/mol. The van der Waals surface area contributed by atoms with Crippen LogP contribution < -0.4 is 5.14 Å². The fraction of sp³-hybridized carbons (Fsp3) is 0.286. The highest BCUT2D eigenvalue weighted by Crippen LogP contribution is 2.35. The van der Waals surface area contributed by atoms with E-state index in [1.807, 2.05) is 36.4 Å². The SMILES string of the molecule is CC(C)Cc1cc(-c2ccccc2)c(S(N)(=O)=O)s1. The fourth-order valence-corrected chi connectivity index (χ4v) is 4.34. The molecule has 0 aliphatic rings. The molecule has 0 unspecified atom stereocenters. The quantitative estimate of drug-likeness (QED) is 0.941. The van der Waals surface area contributed by atoms with E-state index in [0.29, 0.717) is 11.5 Å². The Balaban J connectivity index is 2.56. The van der Waals surface area contributed by atoms with Crippen molar-refractivity contribution in [3.05, 3.63) is 41.3 Å². The minimum absolute atomic E-state index is 0.259. The zero-order chi connectivity index (χ0) is 14.0. The van der Waals surface area contributed by atoms with Crippen molar-refractivity contribution in [2.24, 2.45) is 11.1 Å². The van der Waals surface area contributed by atoms with Gasteiger partial charge in [-0.15, -0.1) is 11.3 Å². The second-order valence-corrected chi connectivity index (χ2v) is 7.82. The predicted molar refractivity (Wildman–Crippen MR) is 79.7 cm³/mol. The van der Waals surface area contributed by atoms with Crippen molar-refractivity contribution in [1.82, 2.24) is 0 Å². The average Bonchev–Trinajstić information content (AvgIpc) is 2.73. The smallest absolute Gasteiger partial charge is 0.224 e. The van der Waals surface area contributed by atoms with Crippen molar-refractivity contribution in [3.8, 4) is 11.1 Å². The van der Waals surface area contributed by atoms with Crippen molar-refractivity contribution in [2.75, 3.05) is 0 Å². The van der Waals surface area contributed by atoms with Gasteiger partial charge in [0, 0.05) is 10.4 Å². The summed E-state index contributed by atoms with van der Waals surface area (Å²) in [5.74, 6) is 0.482. The molecule has 2 rings (SSSR count). The number of benzene rings is 1. The Morgan fingerprint density at radius 2 is 1.84 bits per heavy atom. The van der Waals surface area contributed by atoms with Gasteiger partial charge in [-0.2, -0.15) is 0 Å². The first-order valence-corrected chi connectivity index (χ1v) is 8.45. The Labute approximate surface area is 118 Å². The largest absolute Gasteiger partial charge is 0.248 e. The lowest BCUT2D eigenvalue weighted by molar-refractivity contribution is 0.600. The highest BCUT2D eigenvalue weighted by Gasteiger charge is 2.20. The molecule has 0 fully saturated rings. The number of hydrogen-bond donors (Lipinski definition) is 1. The first-order valence-electron chi connectivity index (χ1n) is 6.09. The molecule has 2 N–H and O–H groups in total. The van der Waals surface area contributed by atoms with Gasteiger partial charge in [0.05, 0.1) is 0 Å². The molecule has 19 heavy (non-hydrogen) atoms. The van der Waals surface area contributed by atoms with Crippen LogP contribution in [-0.4, -0.2) is 8.42 Å². The van der Waals surface area contributed by atoms with Gasteiger partial charge < -0.3 is 0 Å². The lowest BCUT2D eigenvalue weighted by atomic mass is 10.1. The van der Waals surface area contributed by atoms with E-state index < -0.39 is 10.0 Å². The van der Waals surface area contributed by atoms with Crippen LogP contribution in [-0.2, 0) is 16.4 Å². The van der Waals surface area contributed by atoms with Crippen molar-refractivity contribution >= 4 is 21.4 Å². The molecule has 0 bridgehead atoms. The molecule has 0 atom stereocenters. The van der Waals surface area contributed by atoms with E-state index in [-0.39, 0.29) is 4.21 Å². The second kappa shape index (κ2) is 5.45. The Bertz CT molecular complexity index is 658. The molecule has 1 aromatic heterocycles. The van der Waals surface area contributed by atoms with Gasteiger partial charge in [0.15, 0.2) is 0 Å². The molecule has 1 aromatic carbocycles. The number of sulfonamides is 1.